The summed E-state index contributed by atoms with van der Waals surface area (Å²) in [5.41, 5.74) is 0. The summed E-state index contributed by atoms with van der Waals surface area (Å²) in [6.45, 7) is 4.03. The van der Waals surface area contributed by atoms with Gasteiger partial charge in [-0.2, -0.15) is 13.2 Å². The molecule has 2 aliphatic heterocycles. The van der Waals surface area contributed by atoms with Crippen LogP contribution in [0.1, 0.15) is 32.1 Å². The zero-order valence-electron chi connectivity index (χ0n) is 10.2. The molecule has 0 aromatic carbocycles. The Hall–Kier alpha value is -0.290. The fourth-order valence-electron chi connectivity index (χ4n) is 2.94. The van der Waals surface area contributed by atoms with Gasteiger partial charge in [0.15, 0.2) is 0 Å². The minimum Gasteiger partial charge on any atom is -0.301 e. The van der Waals surface area contributed by atoms with Crippen molar-refractivity contribution in [2.45, 2.75) is 44.3 Å². The van der Waals surface area contributed by atoms with Gasteiger partial charge in [-0.15, -0.1) is 0 Å². The Morgan fingerprint density at radius 1 is 1.00 bits per heavy atom. The molecule has 0 amide bonds. The molecule has 2 heterocycles. The SMILES string of the molecule is FC(F)(F)CCN1CCCN2CCCCC2C1. The van der Waals surface area contributed by atoms with Crippen molar-refractivity contribution in [2.75, 3.05) is 32.7 Å². The molecule has 17 heavy (non-hydrogen) atoms. The fraction of sp³-hybridized carbons (Fsp3) is 1.00. The van der Waals surface area contributed by atoms with E-state index >= 15 is 0 Å². The topological polar surface area (TPSA) is 6.48 Å². The lowest BCUT2D eigenvalue weighted by Gasteiger charge is -2.35. The third-order valence-electron chi connectivity index (χ3n) is 3.85. The van der Waals surface area contributed by atoms with Gasteiger partial charge >= 0.3 is 6.18 Å². The van der Waals surface area contributed by atoms with E-state index in [0.717, 1.165) is 39.0 Å². The number of hydrogen-bond donors (Lipinski definition) is 0. The van der Waals surface area contributed by atoms with E-state index in [-0.39, 0.29) is 6.54 Å². The van der Waals surface area contributed by atoms with Gasteiger partial charge in [0.2, 0.25) is 0 Å². The number of fused-ring (bicyclic) bond motifs is 1. The van der Waals surface area contributed by atoms with Crippen molar-refractivity contribution < 1.29 is 13.2 Å². The molecule has 0 aromatic heterocycles. The third kappa shape index (κ3) is 4.14. The Bertz CT molecular complexity index is 242. The van der Waals surface area contributed by atoms with Crippen LogP contribution in [0.5, 0.6) is 0 Å². The van der Waals surface area contributed by atoms with Crippen LogP contribution in [0.2, 0.25) is 0 Å². The summed E-state index contributed by atoms with van der Waals surface area (Å²) >= 11 is 0. The average Bonchev–Trinajstić information content (AvgIpc) is 2.47. The van der Waals surface area contributed by atoms with Crippen LogP contribution in [0.4, 0.5) is 13.2 Å². The molecular formula is C12H21F3N2. The highest BCUT2D eigenvalue weighted by atomic mass is 19.4. The minimum atomic E-state index is -4.02. The van der Waals surface area contributed by atoms with Gasteiger partial charge in [0.25, 0.3) is 0 Å². The standard InChI is InChI=1S/C12H21F3N2/c13-12(14,15)5-9-16-6-3-8-17-7-2-1-4-11(17)10-16/h11H,1-10H2. The van der Waals surface area contributed by atoms with Crippen molar-refractivity contribution in [3.63, 3.8) is 0 Å². The molecule has 1 unspecified atom stereocenters. The summed E-state index contributed by atoms with van der Waals surface area (Å²) in [5, 5.41) is 0. The molecule has 2 saturated heterocycles. The molecule has 0 radical (unpaired) electrons. The van der Waals surface area contributed by atoms with E-state index in [2.05, 4.69) is 4.90 Å². The van der Waals surface area contributed by atoms with E-state index in [1.807, 2.05) is 4.90 Å². The first-order valence-electron chi connectivity index (χ1n) is 6.58. The van der Waals surface area contributed by atoms with Crippen LogP contribution in [0, 0.1) is 0 Å². The number of halogens is 3. The van der Waals surface area contributed by atoms with Crippen LogP contribution >= 0.6 is 0 Å². The molecule has 100 valence electrons. The quantitative estimate of drug-likeness (QED) is 0.743. The highest BCUT2D eigenvalue weighted by Crippen LogP contribution is 2.23. The van der Waals surface area contributed by atoms with Crippen molar-refractivity contribution in [2.24, 2.45) is 0 Å². The maximum atomic E-state index is 12.2. The molecule has 0 aromatic rings. The van der Waals surface area contributed by atoms with Crippen LogP contribution in [0.25, 0.3) is 0 Å². The number of nitrogens with zero attached hydrogens (tertiary/aromatic N) is 2. The predicted molar refractivity (Wildman–Crippen MR) is 60.9 cm³/mol. The molecule has 5 heteroatoms. The minimum absolute atomic E-state index is 0.174. The molecule has 2 rings (SSSR count). The monoisotopic (exact) mass is 250 g/mol. The van der Waals surface area contributed by atoms with Gasteiger partial charge in [0.05, 0.1) is 6.42 Å². The van der Waals surface area contributed by atoms with Crippen molar-refractivity contribution in [1.29, 1.82) is 0 Å². The average molecular weight is 250 g/mol. The Kier molecular flexibility index (Phi) is 4.31. The van der Waals surface area contributed by atoms with Crippen LogP contribution in [-0.4, -0.2) is 54.7 Å². The second-order valence-corrected chi connectivity index (χ2v) is 5.20. The van der Waals surface area contributed by atoms with Gasteiger partial charge in [-0.1, -0.05) is 6.42 Å². The second kappa shape index (κ2) is 5.57. The summed E-state index contributed by atoms with van der Waals surface area (Å²) in [6, 6.07) is 0.500. The molecule has 0 spiro atoms. The smallest absolute Gasteiger partial charge is 0.301 e. The van der Waals surface area contributed by atoms with Crippen LogP contribution in [-0.2, 0) is 0 Å². The van der Waals surface area contributed by atoms with Crippen LogP contribution in [0.15, 0.2) is 0 Å². The van der Waals surface area contributed by atoms with E-state index < -0.39 is 12.6 Å². The largest absolute Gasteiger partial charge is 0.390 e. The molecule has 2 aliphatic rings. The van der Waals surface area contributed by atoms with Gasteiger partial charge in [-0.05, 0) is 38.9 Å². The summed E-state index contributed by atoms with van der Waals surface area (Å²) in [6.07, 6.45) is -0.0392. The molecular weight excluding hydrogens is 229 g/mol. The Morgan fingerprint density at radius 2 is 1.76 bits per heavy atom. The number of piperidine rings is 1. The Labute approximate surface area is 101 Å². The first-order valence-corrected chi connectivity index (χ1v) is 6.58. The van der Waals surface area contributed by atoms with Crippen LogP contribution in [0.3, 0.4) is 0 Å². The van der Waals surface area contributed by atoms with Gasteiger partial charge in [-0.25, -0.2) is 0 Å². The first kappa shape index (κ1) is 13.1. The van der Waals surface area contributed by atoms with Crippen molar-refractivity contribution in [3.05, 3.63) is 0 Å². The zero-order chi connectivity index (χ0) is 12.3. The number of hydrogen-bond acceptors (Lipinski definition) is 2. The summed E-state index contributed by atoms with van der Waals surface area (Å²) in [7, 11) is 0. The molecule has 2 fully saturated rings. The zero-order valence-corrected chi connectivity index (χ0v) is 10.2. The lowest BCUT2D eigenvalue weighted by atomic mass is 10.0. The van der Waals surface area contributed by atoms with E-state index in [0.29, 0.717) is 6.04 Å². The van der Waals surface area contributed by atoms with Gasteiger partial charge < -0.3 is 4.90 Å². The highest BCUT2D eigenvalue weighted by Gasteiger charge is 2.31. The molecule has 1 atom stereocenters. The van der Waals surface area contributed by atoms with Crippen molar-refractivity contribution in [3.8, 4) is 0 Å². The Balaban J connectivity index is 1.83. The molecule has 0 saturated carbocycles. The van der Waals surface area contributed by atoms with Gasteiger partial charge in [0.1, 0.15) is 0 Å². The number of alkyl halides is 3. The number of rotatable bonds is 2. The van der Waals surface area contributed by atoms with E-state index in [4.69, 9.17) is 0 Å². The van der Waals surface area contributed by atoms with Crippen molar-refractivity contribution in [1.82, 2.24) is 9.80 Å². The second-order valence-electron chi connectivity index (χ2n) is 5.20. The summed E-state index contributed by atoms with van der Waals surface area (Å²) in [5.74, 6) is 0. The molecule has 2 nitrogen and oxygen atoms in total. The highest BCUT2D eigenvalue weighted by molar-refractivity contribution is 4.83. The van der Waals surface area contributed by atoms with Gasteiger partial charge in [-0.3, -0.25) is 4.90 Å². The lowest BCUT2D eigenvalue weighted by Crippen LogP contribution is -2.44. The van der Waals surface area contributed by atoms with E-state index in [1.54, 1.807) is 0 Å². The van der Waals surface area contributed by atoms with E-state index in [9.17, 15) is 13.2 Å². The van der Waals surface area contributed by atoms with Crippen LogP contribution < -0.4 is 0 Å². The maximum Gasteiger partial charge on any atom is 0.390 e. The predicted octanol–water partition coefficient (Wildman–Crippen LogP) is 2.50. The lowest BCUT2D eigenvalue weighted by molar-refractivity contribution is -0.138. The summed E-state index contributed by atoms with van der Waals surface area (Å²) < 4.78 is 36.6. The molecule has 0 aliphatic carbocycles. The first-order chi connectivity index (χ1) is 8.04. The van der Waals surface area contributed by atoms with Gasteiger partial charge in [0, 0.05) is 19.1 Å². The maximum absolute atomic E-state index is 12.2. The normalized spacial score (nSPS) is 28.8. The molecule has 0 N–H and O–H groups in total. The van der Waals surface area contributed by atoms with E-state index in [1.165, 1.54) is 12.8 Å². The summed E-state index contributed by atoms with van der Waals surface area (Å²) in [4.78, 5) is 4.47. The Morgan fingerprint density at radius 3 is 2.53 bits per heavy atom. The third-order valence-corrected chi connectivity index (χ3v) is 3.85. The molecule has 0 bridgehead atoms. The van der Waals surface area contributed by atoms with Crippen molar-refractivity contribution >= 4 is 0 Å². The fourth-order valence-corrected chi connectivity index (χ4v) is 2.94.